The van der Waals surface area contributed by atoms with Crippen molar-refractivity contribution < 1.29 is 23.8 Å². The number of esters is 2. The molecule has 1 fully saturated rings. The number of carbonyl (C=O) groups excluding carboxylic acids is 2. The van der Waals surface area contributed by atoms with Crippen molar-refractivity contribution in [3.05, 3.63) is 76.3 Å². The van der Waals surface area contributed by atoms with E-state index in [4.69, 9.17) is 25.8 Å². The van der Waals surface area contributed by atoms with Crippen molar-refractivity contribution in [2.24, 2.45) is 0 Å². The Morgan fingerprint density at radius 1 is 0.931 bits per heavy atom. The first-order valence-electron chi connectivity index (χ1n) is 9.58. The highest BCUT2D eigenvalue weighted by Gasteiger charge is 2.57. The Bertz CT molecular complexity index is 885. The third-order valence-electron chi connectivity index (χ3n) is 4.72. The van der Waals surface area contributed by atoms with Crippen molar-refractivity contribution in [3.63, 3.8) is 0 Å². The molecule has 0 radical (unpaired) electrons. The van der Waals surface area contributed by atoms with Crippen LogP contribution in [0.3, 0.4) is 0 Å². The van der Waals surface area contributed by atoms with E-state index in [1.807, 2.05) is 42.5 Å². The van der Waals surface area contributed by atoms with Crippen molar-refractivity contribution in [3.8, 4) is 0 Å². The van der Waals surface area contributed by atoms with Gasteiger partial charge >= 0.3 is 11.9 Å². The molecule has 0 unspecified atom stereocenters. The molecule has 0 bridgehead atoms. The van der Waals surface area contributed by atoms with E-state index in [0.29, 0.717) is 17.0 Å². The van der Waals surface area contributed by atoms with E-state index >= 15 is 0 Å². The van der Waals surface area contributed by atoms with Gasteiger partial charge in [0.1, 0.15) is 0 Å². The maximum Gasteiger partial charge on any atom is 0.354 e. The van der Waals surface area contributed by atoms with Crippen LogP contribution in [-0.4, -0.2) is 37.4 Å². The normalized spacial score (nSPS) is 16.9. The summed E-state index contributed by atoms with van der Waals surface area (Å²) in [5.74, 6) is -1.51. The van der Waals surface area contributed by atoms with Crippen LogP contribution in [0, 0.1) is 0 Å². The van der Waals surface area contributed by atoms with Crippen LogP contribution in [0.1, 0.15) is 31.4 Å². The molecule has 0 saturated carbocycles. The third-order valence-corrected chi connectivity index (χ3v) is 4.97. The number of carbonyl (C=O) groups is 2. The van der Waals surface area contributed by atoms with Crippen LogP contribution >= 0.6 is 11.6 Å². The number of halogens is 1. The summed E-state index contributed by atoms with van der Waals surface area (Å²) >= 11 is 6.07. The van der Waals surface area contributed by atoms with Crippen LogP contribution in [0.2, 0.25) is 5.02 Å². The zero-order chi connectivity index (χ0) is 20.9. The quantitative estimate of drug-likeness (QED) is 0.517. The Labute approximate surface area is 175 Å². The van der Waals surface area contributed by atoms with Gasteiger partial charge in [0.2, 0.25) is 0 Å². The van der Waals surface area contributed by atoms with E-state index in [-0.39, 0.29) is 19.8 Å². The molecular weight excluding hydrogens is 392 g/mol. The molecular formula is C23H23ClO5. The van der Waals surface area contributed by atoms with Gasteiger partial charge in [-0.1, -0.05) is 54.1 Å². The van der Waals surface area contributed by atoms with Gasteiger partial charge in [-0.05, 0) is 54.7 Å². The summed E-state index contributed by atoms with van der Waals surface area (Å²) in [5, 5.41) is 0.593. The van der Waals surface area contributed by atoms with Gasteiger partial charge in [-0.25, -0.2) is 9.59 Å². The Morgan fingerprint density at radius 3 is 2.03 bits per heavy atom. The molecule has 1 aliphatic rings. The van der Waals surface area contributed by atoms with Crippen LogP contribution in [0.4, 0.5) is 0 Å². The molecule has 0 amide bonds. The van der Waals surface area contributed by atoms with Crippen LogP contribution in [0.5, 0.6) is 0 Å². The molecule has 2 aromatic rings. The van der Waals surface area contributed by atoms with Crippen LogP contribution in [0.15, 0.2) is 60.2 Å². The molecule has 29 heavy (non-hydrogen) atoms. The highest BCUT2D eigenvalue weighted by atomic mass is 35.5. The maximum absolute atomic E-state index is 13.0. The van der Waals surface area contributed by atoms with Gasteiger partial charge in [-0.15, -0.1) is 0 Å². The van der Waals surface area contributed by atoms with Crippen molar-refractivity contribution in [1.82, 2.24) is 0 Å². The number of hydrogen-bond donors (Lipinski definition) is 0. The first kappa shape index (κ1) is 21.1. The lowest BCUT2D eigenvalue weighted by atomic mass is 9.83. The Balaban J connectivity index is 2.30. The van der Waals surface area contributed by atoms with Crippen LogP contribution < -0.4 is 0 Å². The number of ether oxygens (including phenoxy) is 3. The van der Waals surface area contributed by atoms with E-state index in [0.717, 1.165) is 16.7 Å². The molecule has 3 rings (SSSR count). The molecule has 1 aliphatic heterocycles. The summed E-state index contributed by atoms with van der Waals surface area (Å²) in [4.78, 5) is 26.0. The third kappa shape index (κ3) is 4.07. The number of hydrogen-bond acceptors (Lipinski definition) is 5. The van der Waals surface area contributed by atoms with E-state index in [9.17, 15) is 9.59 Å². The lowest BCUT2D eigenvalue weighted by Crippen LogP contribution is -2.50. The van der Waals surface area contributed by atoms with E-state index in [2.05, 4.69) is 0 Å². The van der Waals surface area contributed by atoms with E-state index in [1.54, 1.807) is 26.0 Å². The average Bonchev–Trinajstić information content (AvgIpc) is 3.17. The minimum absolute atomic E-state index is 0.123. The van der Waals surface area contributed by atoms with Gasteiger partial charge in [-0.2, -0.15) is 0 Å². The lowest BCUT2D eigenvalue weighted by molar-refractivity contribution is -0.180. The molecule has 0 atom stereocenters. The predicted octanol–water partition coefficient (Wildman–Crippen LogP) is 4.43. The van der Waals surface area contributed by atoms with Crippen molar-refractivity contribution in [2.45, 2.75) is 25.9 Å². The Hall–Kier alpha value is -2.63. The molecule has 1 saturated heterocycles. The van der Waals surface area contributed by atoms with Gasteiger partial charge in [0.05, 0.1) is 19.8 Å². The monoisotopic (exact) mass is 414 g/mol. The summed E-state index contributed by atoms with van der Waals surface area (Å²) in [7, 11) is 0. The first-order chi connectivity index (χ1) is 14.0. The van der Waals surface area contributed by atoms with Gasteiger partial charge in [-0.3, -0.25) is 0 Å². The molecule has 0 aliphatic carbocycles. The summed E-state index contributed by atoms with van der Waals surface area (Å²) in [6.45, 7) is 3.83. The average molecular weight is 415 g/mol. The molecule has 1 heterocycles. The van der Waals surface area contributed by atoms with Crippen LogP contribution in [0.25, 0.3) is 5.57 Å². The topological polar surface area (TPSA) is 61.8 Å². The van der Waals surface area contributed by atoms with Crippen LogP contribution in [-0.2, 0) is 23.8 Å². The molecule has 0 N–H and O–H groups in total. The molecule has 0 aromatic heterocycles. The second-order valence-electron chi connectivity index (χ2n) is 6.45. The highest BCUT2D eigenvalue weighted by molar-refractivity contribution is 6.30. The number of benzene rings is 2. The summed E-state index contributed by atoms with van der Waals surface area (Å²) in [5.41, 5.74) is 1.02. The fraction of sp³-hybridized carbons (Fsp3) is 0.304. The molecule has 6 heteroatoms. The van der Waals surface area contributed by atoms with Crippen molar-refractivity contribution in [2.75, 3.05) is 19.8 Å². The fourth-order valence-electron chi connectivity index (χ4n) is 3.52. The van der Waals surface area contributed by atoms with Crippen molar-refractivity contribution >= 4 is 29.1 Å². The zero-order valence-corrected chi connectivity index (χ0v) is 17.2. The van der Waals surface area contributed by atoms with Gasteiger partial charge in [0.15, 0.2) is 0 Å². The molecule has 2 aromatic carbocycles. The smallest absolute Gasteiger partial charge is 0.354 e. The second-order valence-corrected chi connectivity index (χ2v) is 6.88. The van der Waals surface area contributed by atoms with Gasteiger partial charge in [0, 0.05) is 5.02 Å². The summed E-state index contributed by atoms with van der Waals surface area (Å²) in [6, 6.07) is 16.8. The Morgan fingerprint density at radius 2 is 1.48 bits per heavy atom. The largest absolute Gasteiger partial charge is 0.463 e. The summed E-state index contributed by atoms with van der Waals surface area (Å²) in [6.07, 6.45) is 0.393. The molecule has 5 nitrogen and oxygen atoms in total. The highest BCUT2D eigenvalue weighted by Crippen LogP contribution is 2.42. The minimum Gasteiger partial charge on any atom is -0.463 e. The Kier molecular flexibility index (Phi) is 6.72. The SMILES string of the molecule is CCOC(=O)C1(C(=O)OCC)OCC/C1=C(\c1ccccc1)c1ccc(Cl)cc1. The second kappa shape index (κ2) is 9.25. The molecule has 152 valence electrons. The predicted molar refractivity (Wildman–Crippen MR) is 110 cm³/mol. The van der Waals surface area contributed by atoms with Gasteiger partial charge in [0.25, 0.3) is 5.60 Å². The number of rotatable bonds is 6. The maximum atomic E-state index is 13.0. The standard InChI is InChI=1S/C23H23ClO5/c1-3-27-21(25)23(22(26)28-4-2)19(14-15-29-23)20(16-8-6-5-7-9-16)17-10-12-18(24)13-11-17/h5-13H,3-4,14-15H2,1-2H3/b20-19-. The minimum atomic E-state index is -1.92. The fourth-order valence-corrected chi connectivity index (χ4v) is 3.65. The summed E-state index contributed by atoms with van der Waals surface area (Å²) < 4.78 is 16.3. The van der Waals surface area contributed by atoms with Gasteiger partial charge < -0.3 is 14.2 Å². The molecule has 0 spiro atoms. The van der Waals surface area contributed by atoms with Crippen molar-refractivity contribution in [1.29, 1.82) is 0 Å². The first-order valence-corrected chi connectivity index (χ1v) is 9.95. The zero-order valence-electron chi connectivity index (χ0n) is 16.4. The van der Waals surface area contributed by atoms with E-state index < -0.39 is 17.5 Å². The lowest BCUT2D eigenvalue weighted by Gasteiger charge is -2.27. The van der Waals surface area contributed by atoms with E-state index in [1.165, 1.54) is 0 Å².